The normalized spacial score (nSPS) is 16.8. The summed E-state index contributed by atoms with van der Waals surface area (Å²) < 4.78 is 0. The van der Waals surface area contributed by atoms with Crippen LogP contribution in [0.2, 0.25) is 0 Å². The van der Waals surface area contributed by atoms with Crippen LogP contribution in [-0.4, -0.2) is 34.4 Å². The molecule has 2 N–H and O–H groups in total. The Bertz CT molecular complexity index is 773. The van der Waals surface area contributed by atoms with Crippen LogP contribution < -0.4 is 10.6 Å². The van der Waals surface area contributed by atoms with E-state index in [0.717, 1.165) is 11.3 Å². The predicted octanol–water partition coefficient (Wildman–Crippen LogP) is 2.62. The van der Waals surface area contributed by atoms with Gasteiger partial charge in [-0.15, -0.1) is 0 Å². The van der Waals surface area contributed by atoms with Crippen molar-refractivity contribution in [2.75, 3.05) is 11.9 Å². The van der Waals surface area contributed by atoms with Gasteiger partial charge in [-0.05, 0) is 38.0 Å². The SMILES string of the molecule is Cc1ccc(CN2CC[C@@H](NC(=O)Nc3ccnc(C)c3)C2=O)cc1. The zero-order valence-electron chi connectivity index (χ0n) is 14.5. The molecule has 3 amide bonds. The second-order valence-electron chi connectivity index (χ2n) is 6.37. The average Bonchev–Trinajstić information content (AvgIpc) is 2.90. The third-order valence-corrected chi connectivity index (χ3v) is 4.25. The summed E-state index contributed by atoms with van der Waals surface area (Å²) in [5.41, 5.74) is 3.77. The Morgan fingerprint density at radius 3 is 2.72 bits per heavy atom. The van der Waals surface area contributed by atoms with E-state index in [1.165, 1.54) is 5.56 Å². The molecule has 0 spiro atoms. The summed E-state index contributed by atoms with van der Waals surface area (Å²) in [7, 11) is 0. The molecule has 3 rings (SSSR count). The van der Waals surface area contributed by atoms with Crippen molar-refractivity contribution in [3.8, 4) is 0 Å². The molecule has 0 bridgehead atoms. The number of hydrogen-bond acceptors (Lipinski definition) is 3. The van der Waals surface area contributed by atoms with Gasteiger partial charge in [0, 0.05) is 30.7 Å². The number of likely N-dealkylation sites (tertiary alicyclic amines) is 1. The van der Waals surface area contributed by atoms with Crippen LogP contribution >= 0.6 is 0 Å². The number of rotatable bonds is 4. The van der Waals surface area contributed by atoms with Gasteiger partial charge in [-0.2, -0.15) is 0 Å². The zero-order valence-corrected chi connectivity index (χ0v) is 14.5. The third-order valence-electron chi connectivity index (χ3n) is 4.25. The number of pyridine rings is 1. The van der Waals surface area contributed by atoms with Gasteiger partial charge in [0.05, 0.1) is 0 Å². The summed E-state index contributed by atoms with van der Waals surface area (Å²) >= 11 is 0. The summed E-state index contributed by atoms with van der Waals surface area (Å²) in [5.74, 6) is -0.0402. The summed E-state index contributed by atoms with van der Waals surface area (Å²) in [4.78, 5) is 30.5. The van der Waals surface area contributed by atoms with E-state index in [1.54, 1.807) is 23.2 Å². The number of nitrogens with one attached hydrogen (secondary N) is 2. The van der Waals surface area contributed by atoms with Crippen LogP contribution in [0.25, 0.3) is 0 Å². The molecule has 1 aromatic carbocycles. The van der Waals surface area contributed by atoms with Crippen molar-refractivity contribution in [1.82, 2.24) is 15.2 Å². The molecule has 1 aromatic heterocycles. The fourth-order valence-corrected chi connectivity index (χ4v) is 2.89. The number of nitrogens with zero attached hydrogens (tertiary/aromatic N) is 2. The first-order valence-electron chi connectivity index (χ1n) is 8.36. The molecule has 1 atom stereocenters. The van der Waals surface area contributed by atoms with Gasteiger partial charge in [-0.1, -0.05) is 29.8 Å². The second kappa shape index (κ2) is 7.34. The number of carbonyl (C=O) groups is 2. The van der Waals surface area contributed by atoms with Crippen LogP contribution in [0.15, 0.2) is 42.6 Å². The predicted molar refractivity (Wildman–Crippen MR) is 96.1 cm³/mol. The zero-order chi connectivity index (χ0) is 17.8. The highest BCUT2D eigenvalue weighted by molar-refractivity contribution is 5.94. The standard InChI is InChI=1S/C19H22N4O2/c1-13-3-5-15(6-4-13)12-23-10-8-17(18(23)24)22-19(25)21-16-7-9-20-14(2)11-16/h3-7,9,11,17H,8,10,12H2,1-2H3,(H2,20,21,22,25)/t17-/m1/s1. The monoisotopic (exact) mass is 338 g/mol. The summed E-state index contributed by atoms with van der Waals surface area (Å²) in [6, 6.07) is 10.8. The maximum Gasteiger partial charge on any atom is 0.319 e. The first-order valence-corrected chi connectivity index (χ1v) is 8.36. The molecule has 25 heavy (non-hydrogen) atoms. The quantitative estimate of drug-likeness (QED) is 0.900. The highest BCUT2D eigenvalue weighted by Gasteiger charge is 2.32. The fraction of sp³-hybridized carbons (Fsp3) is 0.316. The number of aromatic nitrogens is 1. The van der Waals surface area contributed by atoms with E-state index in [2.05, 4.69) is 15.6 Å². The first kappa shape index (κ1) is 17.0. The van der Waals surface area contributed by atoms with E-state index >= 15 is 0 Å². The van der Waals surface area contributed by atoms with Crippen LogP contribution in [0, 0.1) is 13.8 Å². The smallest absolute Gasteiger partial charge is 0.319 e. The molecule has 6 nitrogen and oxygen atoms in total. The largest absolute Gasteiger partial charge is 0.336 e. The lowest BCUT2D eigenvalue weighted by Gasteiger charge is -2.17. The Morgan fingerprint density at radius 2 is 2.00 bits per heavy atom. The molecule has 6 heteroatoms. The fourth-order valence-electron chi connectivity index (χ4n) is 2.89. The van der Waals surface area contributed by atoms with Gasteiger partial charge in [-0.3, -0.25) is 9.78 Å². The van der Waals surface area contributed by atoms with Gasteiger partial charge in [0.15, 0.2) is 0 Å². The van der Waals surface area contributed by atoms with Crippen molar-refractivity contribution < 1.29 is 9.59 Å². The van der Waals surface area contributed by atoms with Crippen molar-refractivity contribution in [1.29, 1.82) is 0 Å². The molecule has 0 aliphatic carbocycles. The maximum absolute atomic E-state index is 12.5. The van der Waals surface area contributed by atoms with Gasteiger partial charge in [0.2, 0.25) is 5.91 Å². The Morgan fingerprint density at radius 1 is 1.24 bits per heavy atom. The number of benzene rings is 1. The topological polar surface area (TPSA) is 74.3 Å². The Hall–Kier alpha value is -2.89. The van der Waals surface area contributed by atoms with E-state index in [1.807, 2.05) is 38.1 Å². The highest BCUT2D eigenvalue weighted by atomic mass is 16.2. The number of hydrogen-bond donors (Lipinski definition) is 2. The van der Waals surface area contributed by atoms with Crippen molar-refractivity contribution in [2.24, 2.45) is 0 Å². The minimum absolute atomic E-state index is 0.0402. The molecule has 1 fully saturated rings. The van der Waals surface area contributed by atoms with E-state index in [-0.39, 0.29) is 11.9 Å². The molecule has 130 valence electrons. The van der Waals surface area contributed by atoms with Gasteiger partial charge in [0.25, 0.3) is 0 Å². The third kappa shape index (κ3) is 4.35. The van der Waals surface area contributed by atoms with Crippen LogP contribution in [0.4, 0.5) is 10.5 Å². The number of anilines is 1. The van der Waals surface area contributed by atoms with Gasteiger partial charge in [-0.25, -0.2) is 4.79 Å². The van der Waals surface area contributed by atoms with Gasteiger partial charge in [0.1, 0.15) is 6.04 Å². The molecule has 1 aliphatic rings. The van der Waals surface area contributed by atoms with E-state index in [0.29, 0.717) is 25.2 Å². The molecule has 1 saturated heterocycles. The summed E-state index contributed by atoms with van der Waals surface area (Å²) in [6.45, 7) is 5.11. The lowest BCUT2D eigenvalue weighted by atomic mass is 10.1. The minimum atomic E-state index is -0.478. The van der Waals surface area contributed by atoms with Gasteiger partial charge < -0.3 is 15.5 Å². The minimum Gasteiger partial charge on any atom is -0.336 e. The molecule has 2 aromatic rings. The number of urea groups is 1. The van der Waals surface area contributed by atoms with Crippen LogP contribution in [0.3, 0.4) is 0 Å². The molecular weight excluding hydrogens is 316 g/mol. The van der Waals surface area contributed by atoms with Crippen LogP contribution in [0.1, 0.15) is 23.2 Å². The van der Waals surface area contributed by atoms with Crippen molar-refractivity contribution in [3.63, 3.8) is 0 Å². The number of aryl methyl sites for hydroxylation is 2. The number of amides is 3. The second-order valence-corrected chi connectivity index (χ2v) is 6.37. The molecule has 0 saturated carbocycles. The first-order chi connectivity index (χ1) is 12.0. The molecule has 0 radical (unpaired) electrons. The Balaban J connectivity index is 1.54. The molecule has 1 aliphatic heterocycles. The van der Waals surface area contributed by atoms with Crippen molar-refractivity contribution in [3.05, 3.63) is 59.4 Å². The van der Waals surface area contributed by atoms with E-state index in [4.69, 9.17) is 0 Å². The van der Waals surface area contributed by atoms with E-state index in [9.17, 15) is 9.59 Å². The molecule has 2 heterocycles. The molecule has 0 unspecified atom stereocenters. The van der Waals surface area contributed by atoms with Crippen LogP contribution in [0.5, 0.6) is 0 Å². The van der Waals surface area contributed by atoms with Crippen LogP contribution in [-0.2, 0) is 11.3 Å². The Labute approximate surface area is 147 Å². The lowest BCUT2D eigenvalue weighted by Crippen LogP contribution is -2.43. The lowest BCUT2D eigenvalue weighted by molar-refractivity contribution is -0.129. The molecular formula is C19H22N4O2. The highest BCUT2D eigenvalue weighted by Crippen LogP contribution is 2.16. The Kier molecular flexibility index (Phi) is 4.97. The average molecular weight is 338 g/mol. The van der Waals surface area contributed by atoms with Gasteiger partial charge >= 0.3 is 6.03 Å². The van der Waals surface area contributed by atoms with Crippen molar-refractivity contribution >= 4 is 17.6 Å². The number of carbonyl (C=O) groups excluding carboxylic acids is 2. The maximum atomic E-state index is 12.5. The summed E-state index contributed by atoms with van der Waals surface area (Å²) in [5, 5.41) is 5.50. The van der Waals surface area contributed by atoms with E-state index < -0.39 is 6.04 Å². The van der Waals surface area contributed by atoms with Crippen molar-refractivity contribution in [2.45, 2.75) is 32.9 Å². The summed E-state index contributed by atoms with van der Waals surface area (Å²) in [6.07, 6.45) is 2.25.